The summed E-state index contributed by atoms with van der Waals surface area (Å²) in [5.74, 6) is 0.445. The highest BCUT2D eigenvalue weighted by atomic mass is 19.4. The lowest BCUT2D eigenvalue weighted by molar-refractivity contribution is -0.137. The molecular weight excluding hydrogens is 384 g/mol. The van der Waals surface area contributed by atoms with Crippen molar-refractivity contribution >= 4 is 11.6 Å². The fourth-order valence-electron chi connectivity index (χ4n) is 4.40. The number of alkyl halides is 3. The Labute approximate surface area is 167 Å². The van der Waals surface area contributed by atoms with Gasteiger partial charge >= 0.3 is 6.18 Å². The van der Waals surface area contributed by atoms with E-state index in [4.69, 9.17) is 0 Å². The Morgan fingerprint density at radius 2 is 1.72 bits per heavy atom. The first-order valence-corrected chi connectivity index (χ1v) is 10.1. The maximum Gasteiger partial charge on any atom is 0.416 e. The average Bonchev–Trinajstić information content (AvgIpc) is 3.39. The van der Waals surface area contributed by atoms with E-state index in [0.29, 0.717) is 19.0 Å². The van der Waals surface area contributed by atoms with Crippen LogP contribution in [0.25, 0.3) is 0 Å². The third-order valence-electron chi connectivity index (χ3n) is 5.95. The Morgan fingerprint density at radius 1 is 1.00 bits per heavy atom. The van der Waals surface area contributed by atoms with Crippen molar-refractivity contribution < 1.29 is 17.6 Å². The molecule has 1 saturated carbocycles. The van der Waals surface area contributed by atoms with Gasteiger partial charge in [0.15, 0.2) is 11.6 Å². The molecule has 1 aromatic carbocycles. The van der Waals surface area contributed by atoms with Crippen LogP contribution in [-0.2, 0) is 6.18 Å². The molecular formula is C21H24F4N4. The van der Waals surface area contributed by atoms with E-state index in [1.54, 1.807) is 0 Å². The first-order valence-electron chi connectivity index (χ1n) is 10.1. The summed E-state index contributed by atoms with van der Waals surface area (Å²) in [7, 11) is 0. The minimum absolute atomic E-state index is 0.194. The third kappa shape index (κ3) is 4.31. The number of anilines is 2. The quantitative estimate of drug-likeness (QED) is 0.656. The minimum Gasteiger partial charge on any atom is -0.367 e. The summed E-state index contributed by atoms with van der Waals surface area (Å²) < 4.78 is 53.6. The Kier molecular flexibility index (Phi) is 5.61. The largest absolute Gasteiger partial charge is 0.416 e. The molecule has 1 aliphatic heterocycles. The molecule has 2 heterocycles. The molecule has 0 spiro atoms. The molecule has 1 aliphatic carbocycles. The molecule has 2 aromatic rings. The molecule has 29 heavy (non-hydrogen) atoms. The second-order valence-electron chi connectivity index (χ2n) is 7.86. The molecule has 0 unspecified atom stereocenters. The second-order valence-corrected chi connectivity index (χ2v) is 7.86. The van der Waals surface area contributed by atoms with Gasteiger partial charge in [0, 0.05) is 13.1 Å². The molecule has 2 aliphatic rings. The van der Waals surface area contributed by atoms with E-state index < -0.39 is 17.6 Å². The molecule has 8 heteroatoms. The third-order valence-corrected chi connectivity index (χ3v) is 5.95. The first-order chi connectivity index (χ1) is 13.9. The second kappa shape index (κ2) is 8.16. The predicted molar refractivity (Wildman–Crippen MR) is 103 cm³/mol. The Bertz CT molecular complexity index is 832. The van der Waals surface area contributed by atoms with Gasteiger partial charge in [-0.05, 0) is 49.3 Å². The van der Waals surface area contributed by atoms with E-state index in [0.717, 1.165) is 43.4 Å². The van der Waals surface area contributed by atoms with E-state index >= 15 is 4.39 Å². The van der Waals surface area contributed by atoms with E-state index in [-0.39, 0.29) is 17.7 Å². The number of nitrogens with one attached hydrogen (secondary N) is 1. The van der Waals surface area contributed by atoms with Gasteiger partial charge in [-0.15, -0.1) is 0 Å². The highest BCUT2D eigenvalue weighted by Crippen LogP contribution is 2.38. The molecule has 1 atom stereocenters. The lowest BCUT2D eigenvalue weighted by Crippen LogP contribution is -2.25. The summed E-state index contributed by atoms with van der Waals surface area (Å²) in [5.41, 5.74) is 0.0476. The summed E-state index contributed by atoms with van der Waals surface area (Å²) >= 11 is 0. The number of hydrogen-bond acceptors (Lipinski definition) is 4. The summed E-state index contributed by atoms with van der Waals surface area (Å²) in [6.45, 7) is 1.29. The summed E-state index contributed by atoms with van der Waals surface area (Å²) in [6, 6.07) is 4.91. The fourth-order valence-corrected chi connectivity index (χ4v) is 4.40. The molecule has 156 valence electrons. The molecule has 0 bridgehead atoms. The van der Waals surface area contributed by atoms with Crippen LogP contribution in [0.5, 0.6) is 0 Å². The molecule has 1 N–H and O–H groups in total. The van der Waals surface area contributed by atoms with Crippen molar-refractivity contribution in [3.63, 3.8) is 0 Å². The van der Waals surface area contributed by atoms with Gasteiger partial charge in [0.25, 0.3) is 0 Å². The summed E-state index contributed by atoms with van der Waals surface area (Å²) in [4.78, 5) is 10.0. The first kappa shape index (κ1) is 19.9. The minimum atomic E-state index is -4.37. The van der Waals surface area contributed by atoms with Crippen molar-refractivity contribution in [3.05, 3.63) is 47.5 Å². The van der Waals surface area contributed by atoms with E-state index in [2.05, 4.69) is 15.3 Å². The van der Waals surface area contributed by atoms with Gasteiger partial charge in [0.2, 0.25) is 5.82 Å². The van der Waals surface area contributed by atoms with Crippen LogP contribution in [0.4, 0.5) is 29.2 Å². The van der Waals surface area contributed by atoms with Gasteiger partial charge < -0.3 is 10.2 Å². The predicted octanol–water partition coefficient (Wildman–Crippen LogP) is 5.58. The molecule has 0 radical (unpaired) electrons. The highest BCUT2D eigenvalue weighted by molar-refractivity contribution is 5.53. The Morgan fingerprint density at radius 3 is 2.41 bits per heavy atom. The maximum atomic E-state index is 15.1. The number of halogens is 4. The van der Waals surface area contributed by atoms with Crippen LogP contribution in [0, 0.1) is 11.7 Å². The van der Waals surface area contributed by atoms with Crippen LogP contribution in [0.3, 0.4) is 0 Å². The highest BCUT2D eigenvalue weighted by Gasteiger charge is 2.33. The van der Waals surface area contributed by atoms with Crippen molar-refractivity contribution in [2.75, 3.05) is 23.3 Å². The molecule has 2 fully saturated rings. The van der Waals surface area contributed by atoms with Gasteiger partial charge in [0.05, 0.1) is 11.6 Å². The maximum absolute atomic E-state index is 15.1. The SMILES string of the molecule is Fc1c(NCC2CCCC2)ncnc1N1CCC[C@@H]1c1ccc(C(F)(F)F)cc1. The van der Waals surface area contributed by atoms with Gasteiger partial charge in [-0.2, -0.15) is 17.6 Å². The topological polar surface area (TPSA) is 41.1 Å². The van der Waals surface area contributed by atoms with Crippen molar-refractivity contribution in [2.24, 2.45) is 5.92 Å². The summed E-state index contributed by atoms with van der Waals surface area (Å²) in [5, 5.41) is 3.12. The van der Waals surface area contributed by atoms with Gasteiger partial charge in [-0.25, -0.2) is 9.97 Å². The number of rotatable bonds is 5. The van der Waals surface area contributed by atoms with Gasteiger partial charge in [0.1, 0.15) is 6.33 Å². The van der Waals surface area contributed by atoms with Gasteiger partial charge in [-0.1, -0.05) is 25.0 Å². The van der Waals surface area contributed by atoms with E-state index in [1.165, 1.54) is 31.3 Å². The smallest absolute Gasteiger partial charge is 0.367 e. The van der Waals surface area contributed by atoms with Crippen molar-refractivity contribution in [3.8, 4) is 0 Å². The van der Waals surface area contributed by atoms with Gasteiger partial charge in [-0.3, -0.25) is 0 Å². The molecule has 0 amide bonds. The molecule has 4 nitrogen and oxygen atoms in total. The van der Waals surface area contributed by atoms with Crippen LogP contribution in [-0.4, -0.2) is 23.1 Å². The van der Waals surface area contributed by atoms with Crippen molar-refractivity contribution in [1.82, 2.24) is 9.97 Å². The average molecular weight is 408 g/mol. The molecule has 4 rings (SSSR count). The van der Waals surface area contributed by atoms with Crippen molar-refractivity contribution in [1.29, 1.82) is 0 Å². The zero-order valence-electron chi connectivity index (χ0n) is 16.1. The Balaban J connectivity index is 1.53. The van der Waals surface area contributed by atoms with Crippen LogP contribution >= 0.6 is 0 Å². The van der Waals surface area contributed by atoms with Crippen LogP contribution in [0.15, 0.2) is 30.6 Å². The van der Waals surface area contributed by atoms with E-state index in [1.807, 2.05) is 4.90 Å². The van der Waals surface area contributed by atoms with Crippen LogP contribution in [0.2, 0.25) is 0 Å². The fraction of sp³-hybridized carbons (Fsp3) is 0.524. The number of hydrogen-bond donors (Lipinski definition) is 1. The summed E-state index contributed by atoms with van der Waals surface area (Å²) in [6.07, 6.45) is 3.26. The standard InChI is InChI=1S/C21H24F4N4/c22-18-19(26-12-14-4-1-2-5-14)27-13-28-20(18)29-11-3-6-17(29)15-7-9-16(10-8-15)21(23,24)25/h7-10,13-14,17H,1-6,11-12H2,(H,26,27,28)/t17-/m1/s1. The zero-order chi connectivity index (χ0) is 20.4. The van der Waals surface area contributed by atoms with E-state index in [9.17, 15) is 13.2 Å². The normalized spacial score (nSPS) is 20.4. The molecule has 1 saturated heterocycles. The lowest BCUT2D eigenvalue weighted by atomic mass is 10.0. The van der Waals surface area contributed by atoms with Crippen LogP contribution in [0.1, 0.15) is 55.7 Å². The monoisotopic (exact) mass is 408 g/mol. The number of aromatic nitrogens is 2. The van der Waals surface area contributed by atoms with Crippen molar-refractivity contribution in [2.45, 2.75) is 50.7 Å². The lowest BCUT2D eigenvalue weighted by Gasteiger charge is -2.27. The zero-order valence-corrected chi connectivity index (χ0v) is 16.1. The Hall–Kier alpha value is -2.38. The number of benzene rings is 1. The molecule has 1 aromatic heterocycles. The van der Waals surface area contributed by atoms with Crippen LogP contribution < -0.4 is 10.2 Å². The number of nitrogens with zero attached hydrogens (tertiary/aromatic N) is 3.